The van der Waals surface area contributed by atoms with Gasteiger partial charge >= 0.3 is 6.18 Å². The van der Waals surface area contributed by atoms with Crippen molar-refractivity contribution in [3.8, 4) is 5.75 Å². The van der Waals surface area contributed by atoms with Crippen LogP contribution in [0.1, 0.15) is 37.2 Å². The third kappa shape index (κ3) is 3.35. The third-order valence-corrected chi connectivity index (χ3v) is 4.24. The number of nitrogens with zero attached hydrogens (tertiary/aromatic N) is 4. The van der Waals surface area contributed by atoms with Crippen LogP contribution >= 0.6 is 11.3 Å². The van der Waals surface area contributed by atoms with E-state index in [0.717, 1.165) is 11.3 Å². The van der Waals surface area contributed by atoms with Gasteiger partial charge in [-0.15, -0.1) is 10.2 Å². The minimum Gasteiger partial charge on any atom is -0.486 e. The van der Waals surface area contributed by atoms with E-state index in [1.807, 2.05) is 24.3 Å². The largest absolute Gasteiger partial charge is 0.486 e. The highest BCUT2D eigenvalue weighted by atomic mass is 32.1. The number of hydrogen-bond acceptors (Lipinski definition) is 5. The summed E-state index contributed by atoms with van der Waals surface area (Å²) in [6.07, 6.45) is -4.59. The molecule has 0 saturated carbocycles. The fourth-order valence-corrected chi connectivity index (χ4v) is 2.83. The number of halogens is 3. The number of fused-ring (bicyclic) bond motifs is 1. The van der Waals surface area contributed by atoms with Crippen LogP contribution in [0.5, 0.6) is 5.75 Å². The second-order valence-corrected chi connectivity index (χ2v) is 7.32. The number of aromatic nitrogens is 4. The summed E-state index contributed by atoms with van der Waals surface area (Å²) >= 11 is 1.01. The van der Waals surface area contributed by atoms with Gasteiger partial charge in [-0.2, -0.15) is 22.8 Å². The van der Waals surface area contributed by atoms with Gasteiger partial charge in [-0.05, 0) is 23.1 Å². The fourth-order valence-electron chi connectivity index (χ4n) is 2.09. The minimum atomic E-state index is -4.59. The van der Waals surface area contributed by atoms with Crippen molar-refractivity contribution < 1.29 is 17.9 Å². The van der Waals surface area contributed by atoms with E-state index in [2.05, 4.69) is 36.1 Å². The zero-order valence-electron chi connectivity index (χ0n) is 13.3. The number of ether oxygens (including phenoxy) is 1. The van der Waals surface area contributed by atoms with Gasteiger partial charge in [0, 0.05) is 0 Å². The molecule has 0 atom stereocenters. The Morgan fingerprint density at radius 2 is 1.75 bits per heavy atom. The predicted octanol–water partition coefficient (Wildman–Crippen LogP) is 4.08. The molecule has 0 bridgehead atoms. The Labute approximate surface area is 140 Å². The van der Waals surface area contributed by atoms with Crippen LogP contribution in [0.15, 0.2) is 24.3 Å². The Morgan fingerprint density at radius 3 is 2.33 bits per heavy atom. The molecule has 0 N–H and O–H groups in total. The van der Waals surface area contributed by atoms with Crippen LogP contribution in [0.25, 0.3) is 4.96 Å². The normalized spacial score (nSPS) is 12.8. The highest BCUT2D eigenvalue weighted by Gasteiger charge is 2.38. The van der Waals surface area contributed by atoms with Crippen LogP contribution in [0.3, 0.4) is 0 Å². The van der Waals surface area contributed by atoms with Gasteiger partial charge < -0.3 is 4.74 Å². The first-order valence-electron chi connectivity index (χ1n) is 7.16. The molecule has 2 heterocycles. The first-order chi connectivity index (χ1) is 11.1. The lowest BCUT2D eigenvalue weighted by Crippen LogP contribution is -2.12. The lowest BCUT2D eigenvalue weighted by molar-refractivity contribution is -0.146. The third-order valence-electron chi connectivity index (χ3n) is 3.37. The van der Waals surface area contributed by atoms with E-state index < -0.39 is 12.0 Å². The topological polar surface area (TPSA) is 52.3 Å². The molecule has 0 amide bonds. The Hall–Kier alpha value is -2.16. The standard InChI is InChI=1S/C15H15F3N4OS/c1-14(2,3)9-4-6-10(7-5-9)23-8-11-21-22-12(15(16,17)18)19-20-13(22)24-11/h4-7H,8H2,1-3H3. The zero-order valence-corrected chi connectivity index (χ0v) is 14.1. The molecule has 0 unspecified atom stereocenters. The van der Waals surface area contributed by atoms with Crippen LogP contribution in [0, 0.1) is 0 Å². The Bertz CT molecular complexity index is 846. The molecular weight excluding hydrogens is 341 g/mol. The van der Waals surface area contributed by atoms with Crippen molar-refractivity contribution in [2.24, 2.45) is 0 Å². The van der Waals surface area contributed by atoms with Crippen molar-refractivity contribution in [2.45, 2.75) is 39.0 Å². The van der Waals surface area contributed by atoms with E-state index in [4.69, 9.17) is 4.74 Å². The minimum absolute atomic E-state index is 0.0418. The molecule has 2 aromatic heterocycles. The molecular formula is C15H15F3N4OS. The Balaban J connectivity index is 1.73. The van der Waals surface area contributed by atoms with Crippen LogP contribution in [-0.2, 0) is 18.2 Å². The van der Waals surface area contributed by atoms with E-state index in [1.54, 1.807) is 0 Å². The molecule has 0 aliphatic heterocycles. The van der Waals surface area contributed by atoms with Crippen molar-refractivity contribution in [2.75, 3.05) is 0 Å². The van der Waals surface area contributed by atoms with Gasteiger partial charge in [0.1, 0.15) is 12.4 Å². The summed E-state index contributed by atoms with van der Waals surface area (Å²) in [6.45, 7) is 6.40. The Morgan fingerprint density at radius 1 is 1.08 bits per heavy atom. The van der Waals surface area contributed by atoms with E-state index in [9.17, 15) is 13.2 Å². The highest BCUT2D eigenvalue weighted by Crippen LogP contribution is 2.29. The quantitative estimate of drug-likeness (QED) is 0.710. The monoisotopic (exact) mass is 356 g/mol. The molecule has 0 fully saturated rings. The van der Waals surface area contributed by atoms with Crippen molar-refractivity contribution in [1.82, 2.24) is 19.8 Å². The molecule has 0 radical (unpaired) electrons. The van der Waals surface area contributed by atoms with Crippen LogP contribution in [-0.4, -0.2) is 19.8 Å². The second-order valence-electron chi connectivity index (χ2n) is 6.27. The molecule has 3 rings (SSSR count). The van der Waals surface area contributed by atoms with Gasteiger partial charge in [-0.1, -0.05) is 44.2 Å². The smallest absolute Gasteiger partial charge is 0.453 e. The summed E-state index contributed by atoms with van der Waals surface area (Å²) in [4.78, 5) is 0.0870. The molecule has 5 nitrogen and oxygen atoms in total. The van der Waals surface area contributed by atoms with Crippen molar-refractivity contribution >= 4 is 16.3 Å². The van der Waals surface area contributed by atoms with Crippen molar-refractivity contribution in [3.05, 3.63) is 40.7 Å². The van der Waals surface area contributed by atoms with Gasteiger partial charge in [0.25, 0.3) is 5.82 Å². The maximum absolute atomic E-state index is 12.8. The summed E-state index contributed by atoms with van der Waals surface area (Å²) in [5.41, 5.74) is 1.21. The molecule has 24 heavy (non-hydrogen) atoms. The summed E-state index contributed by atoms with van der Waals surface area (Å²) < 4.78 is 44.6. The average Bonchev–Trinajstić information content (AvgIpc) is 3.03. The van der Waals surface area contributed by atoms with Crippen molar-refractivity contribution in [3.63, 3.8) is 0 Å². The number of benzene rings is 1. The van der Waals surface area contributed by atoms with E-state index in [-0.39, 0.29) is 17.0 Å². The van der Waals surface area contributed by atoms with Gasteiger partial charge in [-0.25, -0.2) is 0 Å². The van der Waals surface area contributed by atoms with Gasteiger partial charge in [0.15, 0.2) is 5.01 Å². The second kappa shape index (κ2) is 5.73. The lowest BCUT2D eigenvalue weighted by atomic mass is 9.87. The number of hydrogen-bond donors (Lipinski definition) is 0. The number of rotatable bonds is 3. The molecule has 9 heteroatoms. The highest BCUT2D eigenvalue weighted by molar-refractivity contribution is 7.16. The summed E-state index contributed by atoms with van der Waals surface area (Å²) in [6, 6.07) is 7.61. The molecule has 0 aliphatic carbocycles. The molecule has 0 aliphatic rings. The Kier molecular flexibility index (Phi) is 3.98. The first-order valence-corrected chi connectivity index (χ1v) is 7.98. The summed E-state index contributed by atoms with van der Waals surface area (Å²) in [7, 11) is 0. The van der Waals surface area contributed by atoms with Gasteiger partial charge in [-0.3, -0.25) is 0 Å². The SMILES string of the molecule is CC(C)(C)c1ccc(OCc2nn3c(C(F)(F)F)nnc3s2)cc1. The summed E-state index contributed by atoms with van der Waals surface area (Å²) in [5, 5.41) is 10.9. The van der Waals surface area contributed by atoms with Crippen LogP contribution in [0.2, 0.25) is 0 Å². The zero-order chi connectivity index (χ0) is 17.5. The molecule has 128 valence electrons. The lowest BCUT2D eigenvalue weighted by Gasteiger charge is -2.19. The summed E-state index contributed by atoms with van der Waals surface area (Å²) in [5.74, 6) is -0.500. The van der Waals surface area contributed by atoms with Crippen molar-refractivity contribution in [1.29, 1.82) is 0 Å². The maximum atomic E-state index is 12.8. The first kappa shape index (κ1) is 16.7. The maximum Gasteiger partial charge on any atom is 0.453 e. The van der Waals surface area contributed by atoms with Gasteiger partial charge in [0.2, 0.25) is 4.96 Å². The molecule has 3 aromatic rings. The van der Waals surface area contributed by atoms with Crippen LogP contribution in [0.4, 0.5) is 13.2 Å². The van der Waals surface area contributed by atoms with E-state index in [1.165, 1.54) is 5.56 Å². The molecule has 1 aromatic carbocycles. The molecule has 0 spiro atoms. The van der Waals surface area contributed by atoms with Gasteiger partial charge in [0.05, 0.1) is 0 Å². The van der Waals surface area contributed by atoms with E-state index in [0.29, 0.717) is 15.3 Å². The van der Waals surface area contributed by atoms with Crippen LogP contribution < -0.4 is 4.74 Å². The molecule has 0 saturated heterocycles. The fraction of sp³-hybridized carbons (Fsp3) is 0.400. The number of alkyl halides is 3. The van der Waals surface area contributed by atoms with E-state index >= 15 is 0 Å². The average molecular weight is 356 g/mol. The predicted molar refractivity (Wildman–Crippen MR) is 83.1 cm³/mol.